The van der Waals surface area contributed by atoms with Crippen LogP contribution in [0.1, 0.15) is 57.7 Å². The number of pyridine rings is 1. The lowest BCUT2D eigenvalue weighted by atomic mass is 9.75. The van der Waals surface area contributed by atoms with E-state index in [9.17, 15) is 14.9 Å². The molecule has 0 saturated carbocycles. The molecule has 0 radical (unpaired) electrons. The Morgan fingerprint density at radius 2 is 1.72 bits per heavy atom. The number of hydrogen-bond donors (Lipinski definition) is 0. The molecule has 1 fully saturated rings. The minimum atomic E-state index is -0.166. The van der Waals surface area contributed by atoms with E-state index in [0.29, 0.717) is 61.9 Å². The number of fused-ring (bicyclic) bond motifs is 1. The standard InChI is InChI=1S/C36H39N7O3/c1-40-31(14-18-39-40)35(45)42-20-16-36(17-21-42)15-7-19-41(33-13-12-29(24-37)25-38-33)22-23-43(26-28-8-3-2-4-9-28)34(44)30-10-5-6-11-32(30)46-27-36/h2-6,8-14,18,25H,7,15-17,19-23,26-27H2,1H3. The largest absolute Gasteiger partial charge is 0.492 e. The highest BCUT2D eigenvalue weighted by molar-refractivity contribution is 5.97. The molecule has 2 aliphatic heterocycles. The first kappa shape index (κ1) is 30.8. The summed E-state index contributed by atoms with van der Waals surface area (Å²) in [5, 5.41) is 13.5. The molecule has 10 nitrogen and oxygen atoms in total. The summed E-state index contributed by atoms with van der Waals surface area (Å²) in [7, 11) is 1.79. The highest BCUT2D eigenvalue weighted by Crippen LogP contribution is 2.38. The first-order chi connectivity index (χ1) is 22.4. The molecule has 2 aliphatic rings. The van der Waals surface area contributed by atoms with Crippen LogP contribution < -0.4 is 9.64 Å². The van der Waals surface area contributed by atoms with Crippen molar-refractivity contribution in [3.8, 4) is 11.8 Å². The van der Waals surface area contributed by atoms with Crippen molar-refractivity contribution in [3.63, 3.8) is 0 Å². The number of carbonyl (C=O) groups is 2. The molecular weight excluding hydrogens is 578 g/mol. The van der Waals surface area contributed by atoms with Crippen molar-refractivity contribution in [1.82, 2.24) is 24.6 Å². The molecule has 46 heavy (non-hydrogen) atoms. The van der Waals surface area contributed by atoms with Crippen LogP contribution in [0, 0.1) is 16.7 Å². The zero-order chi connectivity index (χ0) is 31.9. The number of hydrogen-bond acceptors (Lipinski definition) is 7. The number of ether oxygens (including phenoxy) is 1. The third-order valence-corrected chi connectivity index (χ3v) is 9.28. The summed E-state index contributed by atoms with van der Waals surface area (Å²) in [5.74, 6) is 1.27. The summed E-state index contributed by atoms with van der Waals surface area (Å²) in [6, 6.07) is 25.1. The topological polar surface area (TPSA) is 108 Å². The third-order valence-electron chi connectivity index (χ3n) is 9.28. The monoisotopic (exact) mass is 617 g/mol. The highest BCUT2D eigenvalue weighted by Gasteiger charge is 2.38. The second-order valence-corrected chi connectivity index (χ2v) is 12.2. The number of para-hydroxylation sites is 1. The second-order valence-electron chi connectivity index (χ2n) is 12.2. The van der Waals surface area contributed by atoms with Crippen LogP contribution in [0.15, 0.2) is 85.2 Å². The van der Waals surface area contributed by atoms with Crippen molar-refractivity contribution in [3.05, 3.63) is 108 Å². The Morgan fingerprint density at radius 1 is 0.935 bits per heavy atom. The van der Waals surface area contributed by atoms with Crippen LogP contribution in [-0.2, 0) is 13.6 Å². The number of aromatic nitrogens is 3. The second kappa shape index (κ2) is 13.9. The number of aryl methyl sites for hydroxylation is 1. The Labute approximate surface area is 269 Å². The van der Waals surface area contributed by atoms with Crippen molar-refractivity contribution in [2.24, 2.45) is 12.5 Å². The van der Waals surface area contributed by atoms with Crippen LogP contribution in [-0.4, -0.2) is 75.7 Å². The van der Waals surface area contributed by atoms with Crippen LogP contribution in [0.4, 0.5) is 5.82 Å². The summed E-state index contributed by atoms with van der Waals surface area (Å²) in [4.78, 5) is 38.1. The number of benzene rings is 2. The van der Waals surface area contributed by atoms with E-state index in [4.69, 9.17) is 4.74 Å². The number of likely N-dealkylation sites (tertiary alicyclic amines) is 1. The van der Waals surface area contributed by atoms with E-state index in [2.05, 4.69) is 21.1 Å². The van der Waals surface area contributed by atoms with Crippen LogP contribution in [0.25, 0.3) is 0 Å². The molecule has 2 aromatic carbocycles. The zero-order valence-corrected chi connectivity index (χ0v) is 26.2. The van der Waals surface area contributed by atoms with Crippen molar-refractivity contribution < 1.29 is 14.3 Å². The number of nitriles is 1. The Hall–Kier alpha value is -5.17. The van der Waals surface area contributed by atoms with Crippen LogP contribution in [0.5, 0.6) is 5.75 Å². The van der Waals surface area contributed by atoms with Crippen LogP contribution in [0.2, 0.25) is 0 Å². The SMILES string of the molecule is Cn1nccc1C(=O)N1CCC2(CCCN(c3ccc(C#N)cn3)CCN(Cc3ccccc3)C(=O)c3ccccc3OC2)CC1. The minimum absolute atomic E-state index is 0.00655. The molecule has 10 heteroatoms. The van der Waals surface area contributed by atoms with Crippen molar-refractivity contribution in [2.75, 3.05) is 44.2 Å². The van der Waals surface area contributed by atoms with E-state index < -0.39 is 0 Å². The average Bonchev–Trinajstić information content (AvgIpc) is 3.54. The predicted molar refractivity (Wildman–Crippen MR) is 174 cm³/mol. The summed E-state index contributed by atoms with van der Waals surface area (Å²) < 4.78 is 8.19. The molecule has 0 N–H and O–H groups in total. The van der Waals surface area contributed by atoms with Gasteiger partial charge in [0.25, 0.3) is 11.8 Å². The fourth-order valence-corrected chi connectivity index (χ4v) is 6.49. The Kier molecular flexibility index (Phi) is 9.29. The van der Waals surface area contributed by atoms with E-state index in [1.807, 2.05) is 70.5 Å². The molecule has 236 valence electrons. The maximum atomic E-state index is 14.2. The predicted octanol–water partition coefficient (Wildman–Crippen LogP) is 4.93. The van der Waals surface area contributed by atoms with Gasteiger partial charge in [0.2, 0.25) is 0 Å². The molecule has 0 aliphatic carbocycles. The van der Waals surface area contributed by atoms with Crippen molar-refractivity contribution >= 4 is 17.6 Å². The lowest BCUT2D eigenvalue weighted by Gasteiger charge is -2.42. The van der Waals surface area contributed by atoms with E-state index in [0.717, 1.165) is 43.6 Å². The van der Waals surface area contributed by atoms with E-state index in [1.54, 1.807) is 36.3 Å². The lowest BCUT2D eigenvalue weighted by Crippen LogP contribution is -2.46. The molecule has 1 spiro atoms. The Morgan fingerprint density at radius 3 is 2.43 bits per heavy atom. The quantitative estimate of drug-likeness (QED) is 0.320. The zero-order valence-electron chi connectivity index (χ0n) is 26.2. The van der Waals surface area contributed by atoms with Crippen molar-refractivity contribution in [1.29, 1.82) is 5.26 Å². The van der Waals surface area contributed by atoms with Crippen molar-refractivity contribution in [2.45, 2.75) is 32.2 Å². The Bertz CT molecular complexity index is 1690. The molecular formula is C36H39N7O3. The lowest BCUT2D eigenvalue weighted by molar-refractivity contribution is 0.0357. The van der Waals surface area contributed by atoms with E-state index in [1.165, 1.54) is 0 Å². The first-order valence-corrected chi connectivity index (χ1v) is 15.9. The number of anilines is 1. The maximum absolute atomic E-state index is 14.2. The fraction of sp³-hybridized carbons (Fsp3) is 0.361. The van der Waals surface area contributed by atoms with Gasteiger partial charge in [0, 0.05) is 64.1 Å². The van der Waals surface area contributed by atoms with Gasteiger partial charge < -0.3 is 19.4 Å². The smallest absolute Gasteiger partial charge is 0.272 e. The average molecular weight is 618 g/mol. The molecule has 2 amide bonds. The van der Waals surface area contributed by atoms with E-state index >= 15 is 0 Å². The van der Waals surface area contributed by atoms with Gasteiger partial charge in [-0.25, -0.2) is 4.98 Å². The number of amides is 2. The summed E-state index contributed by atoms with van der Waals surface area (Å²) in [6.07, 6.45) is 6.62. The summed E-state index contributed by atoms with van der Waals surface area (Å²) in [5.41, 5.74) is 2.52. The molecule has 6 rings (SSSR count). The molecule has 0 unspecified atom stereocenters. The van der Waals surface area contributed by atoms with Gasteiger partial charge in [0.1, 0.15) is 23.3 Å². The van der Waals surface area contributed by atoms with Gasteiger partial charge in [-0.1, -0.05) is 42.5 Å². The van der Waals surface area contributed by atoms with Gasteiger partial charge in [0.15, 0.2) is 0 Å². The summed E-state index contributed by atoms with van der Waals surface area (Å²) >= 11 is 0. The fourth-order valence-electron chi connectivity index (χ4n) is 6.49. The molecule has 1 saturated heterocycles. The van der Waals surface area contributed by atoms with Gasteiger partial charge in [-0.2, -0.15) is 10.4 Å². The molecule has 0 bridgehead atoms. The van der Waals surface area contributed by atoms with E-state index in [-0.39, 0.29) is 17.2 Å². The molecule has 4 aromatic rings. The van der Waals surface area contributed by atoms with Gasteiger partial charge in [-0.3, -0.25) is 14.3 Å². The molecule has 4 heterocycles. The van der Waals surface area contributed by atoms with Gasteiger partial charge >= 0.3 is 0 Å². The molecule has 0 atom stereocenters. The van der Waals surface area contributed by atoms with Gasteiger partial charge in [-0.05, 0) is 61.6 Å². The number of rotatable bonds is 4. The maximum Gasteiger partial charge on any atom is 0.272 e. The number of piperidine rings is 1. The normalized spacial score (nSPS) is 17.2. The van der Waals surface area contributed by atoms with Crippen LogP contribution >= 0.6 is 0 Å². The minimum Gasteiger partial charge on any atom is -0.492 e. The highest BCUT2D eigenvalue weighted by atomic mass is 16.5. The number of carbonyl (C=O) groups excluding carboxylic acids is 2. The number of nitrogens with zero attached hydrogens (tertiary/aromatic N) is 7. The van der Waals surface area contributed by atoms with Gasteiger partial charge in [0.05, 0.1) is 17.7 Å². The van der Waals surface area contributed by atoms with Crippen LogP contribution in [0.3, 0.4) is 0 Å². The third kappa shape index (κ3) is 6.89. The molecule has 2 aromatic heterocycles. The Balaban J connectivity index is 1.29. The first-order valence-electron chi connectivity index (χ1n) is 15.9. The van der Waals surface area contributed by atoms with Gasteiger partial charge in [-0.15, -0.1) is 0 Å². The summed E-state index contributed by atoms with van der Waals surface area (Å²) in [6.45, 7) is 3.98.